The van der Waals surface area contributed by atoms with Gasteiger partial charge >= 0.3 is 5.69 Å². The molecule has 5 heteroatoms. The molecule has 90 valence electrons. The third-order valence-corrected chi connectivity index (χ3v) is 2.74. The summed E-state index contributed by atoms with van der Waals surface area (Å²) in [4.78, 5) is 24.5. The minimum atomic E-state index is -0.520. The van der Waals surface area contributed by atoms with Crippen LogP contribution in [0.5, 0.6) is 0 Å². The topological polar surface area (TPSA) is 54.9 Å². The van der Waals surface area contributed by atoms with Crippen molar-refractivity contribution < 1.29 is 0 Å². The molecule has 0 atom stereocenters. The molecular weight excluding hydrogens is 228 g/mol. The maximum Gasteiger partial charge on any atom is 0.328 e. The van der Waals surface area contributed by atoms with Gasteiger partial charge in [-0.3, -0.25) is 14.3 Å². The summed E-state index contributed by atoms with van der Waals surface area (Å²) in [6.45, 7) is 2.77. The molecule has 0 bridgehead atoms. The normalized spacial score (nSPS) is 10.6. The van der Waals surface area contributed by atoms with E-state index in [4.69, 9.17) is 11.6 Å². The number of hydrogen-bond donors (Lipinski definition) is 1. The van der Waals surface area contributed by atoms with Gasteiger partial charge < -0.3 is 0 Å². The number of halogens is 1. The van der Waals surface area contributed by atoms with Crippen LogP contribution >= 0.6 is 11.6 Å². The predicted octanol–water partition coefficient (Wildman–Crippen LogP) is 2.16. The maximum absolute atomic E-state index is 11.4. The monoisotopic (exact) mass is 244 g/mol. The minimum Gasteiger partial charge on any atom is -0.299 e. The van der Waals surface area contributed by atoms with Gasteiger partial charge in [0.1, 0.15) is 5.02 Å². The average Bonchev–Trinajstić information content (AvgIpc) is 2.25. The molecule has 1 N–H and O–H groups in total. The van der Waals surface area contributed by atoms with Gasteiger partial charge in [-0.15, -0.1) is 0 Å². The van der Waals surface area contributed by atoms with Crippen LogP contribution in [0, 0.1) is 0 Å². The van der Waals surface area contributed by atoms with Crippen LogP contribution in [-0.2, 0) is 6.54 Å². The maximum atomic E-state index is 11.4. The lowest BCUT2D eigenvalue weighted by atomic mass is 10.1. The molecule has 0 amide bonds. The first-order valence-corrected chi connectivity index (χ1v) is 6.02. The Hall–Kier alpha value is -1.03. The van der Waals surface area contributed by atoms with E-state index in [-0.39, 0.29) is 10.7 Å². The second kappa shape index (κ2) is 6.53. The lowest BCUT2D eigenvalue weighted by Crippen LogP contribution is -2.29. The van der Waals surface area contributed by atoms with Gasteiger partial charge in [0.05, 0.1) is 0 Å². The Bertz CT molecular complexity index is 436. The van der Waals surface area contributed by atoms with Gasteiger partial charge in [-0.25, -0.2) is 4.79 Å². The summed E-state index contributed by atoms with van der Waals surface area (Å²) in [5.74, 6) is 0. The summed E-state index contributed by atoms with van der Waals surface area (Å²) in [6, 6.07) is 0. The SMILES string of the molecule is CCCCCCCn1cc(Cl)c(=O)[nH]c1=O. The van der Waals surface area contributed by atoms with E-state index in [2.05, 4.69) is 11.9 Å². The standard InChI is InChI=1S/C11H17ClN2O2/c1-2-3-4-5-6-7-14-8-9(12)10(15)13-11(14)16/h8H,2-7H2,1H3,(H,13,15,16). The third kappa shape index (κ3) is 3.85. The van der Waals surface area contributed by atoms with E-state index < -0.39 is 5.56 Å². The molecular formula is C11H17ClN2O2. The van der Waals surface area contributed by atoms with Crippen LogP contribution in [0.25, 0.3) is 0 Å². The van der Waals surface area contributed by atoms with Gasteiger partial charge in [0.2, 0.25) is 0 Å². The van der Waals surface area contributed by atoms with E-state index in [1.807, 2.05) is 0 Å². The predicted molar refractivity (Wildman–Crippen MR) is 65.1 cm³/mol. The van der Waals surface area contributed by atoms with E-state index in [1.165, 1.54) is 30.0 Å². The molecule has 1 heterocycles. The highest BCUT2D eigenvalue weighted by atomic mass is 35.5. The van der Waals surface area contributed by atoms with Crippen molar-refractivity contribution in [1.29, 1.82) is 0 Å². The second-order valence-electron chi connectivity index (χ2n) is 3.84. The zero-order valence-electron chi connectivity index (χ0n) is 9.46. The highest BCUT2D eigenvalue weighted by Gasteiger charge is 2.01. The highest BCUT2D eigenvalue weighted by Crippen LogP contribution is 2.04. The van der Waals surface area contributed by atoms with Crippen LogP contribution in [0.1, 0.15) is 39.0 Å². The minimum absolute atomic E-state index is 0.0631. The molecule has 1 rings (SSSR count). The number of unbranched alkanes of at least 4 members (excludes halogenated alkanes) is 4. The van der Waals surface area contributed by atoms with E-state index in [0.29, 0.717) is 6.54 Å². The van der Waals surface area contributed by atoms with Crippen LogP contribution in [0.3, 0.4) is 0 Å². The number of rotatable bonds is 6. The number of aryl methyl sites for hydroxylation is 1. The first-order valence-electron chi connectivity index (χ1n) is 5.64. The molecule has 0 aliphatic rings. The molecule has 0 saturated heterocycles. The third-order valence-electron chi connectivity index (χ3n) is 2.47. The molecule has 0 radical (unpaired) electrons. The van der Waals surface area contributed by atoms with E-state index in [1.54, 1.807) is 0 Å². The van der Waals surface area contributed by atoms with Crippen LogP contribution < -0.4 is 11.2 Å². The first kappa shape index (κ1) is 13.0. The number of H-pyrrole nitrogens is 1. The van der Waals surface area contributed by atoms with Crippen LogP contribution in [0.4, 0.5) is 0 Å². The Labute approximate surface area is 99.3 Å². The van der Waals surface area contributed by atoms with Crippen molar-refractivity contribution in [3.05, 3.63) is 32.1 Å². The summed E-state index contributed by atoms with van der Waals surface area (Å²) in [7, 11) is 0. The Morgan fingerprint density at radius 3 is 2.62 bits per heavy atom. The lowest BCUT2D eigenvalue weighted by Gasteiger charge is -2.04. The Balaban J connectivity index is 2.51. The molecule has 0 unspecified atom stereocenters. The zero-order valence-corrected chi connectivity index (χ0v) is 10.2. The molecule has 1 aromatic rings. The molecule has 0 aromatic carbocycles. The molecule has 0 spiro atoms. The Kier molecular flexibility index (Phi) is 5.32. The van der Waals surface area contributed by atoms with Crippen LogP contribution in [0.15, 0.2) is 15.8 Å². The van der Waals surface area contributed by atoms with Gasteiger partial charge in [0.15, 0.2) is 0 Å². The van der Waals surface area contributed by atoms with Crippen molar-refractivity contribution in [2.75, 3.05) is 0 Å². The molecule has 0 aliphatic carbocycles. The largest absolute Gasteiger partial charge is 0.328 e. The molecule has 0 fully saturated rings. The summed E-state index contributed by atoms with van der Waals surface area (Å²) < 4.78 is 1.45. The summed E-state index contributed by atoms with van der Waals surface area (Å²) >= 11 is 5.64. The van der Waals surface area contributed by atoms with Crippen LogP contribution in [-0.4, -0.2) is 9.55 Å². The van der Waals surface area contributed by atoms with Crippen molar-refractivity contribution in [2.45, 2.75) is 45.6 Å². The van der Waals surface area contributed by atoms with Crippen molar-refractivity contribution in [1.82, 2.24) is 9.55 Å². The van der Waals surface area contributed by atoms with E-state index in [9.17, 15) is 9.59 Å². The zero-order chi connectivity index (χ0) is 12.0. The fraction of sp³-hybridized carbons (Fsp3) is 0.636. The van der Waals surface area contributed by atoms with Gasteiger partial charge in [-0.1, -0.05) is 44.2 Å². The molecule has 0 aliphatic heterocycles. The van der Waals surface area contributed by atoms with Gasteiger partial charge in [-0.05, 0) is 6.42 Å². The Morgan fingerprint density at radius 1 is 1.25 bits per heavy atom. The van der Waals surface area contributed by atoms with Gasteiger partial charge in [0, 0.05) is 12.7 Å². The van der Waals surface area contributed by atoms with Crippen molar-refractivity contribution in [3.8, 4) is 0 Å². The summed E-state index contributed by atoms with van der Waals surface area (Å²) in [6.07, 6.45) is 7.04. The summed E-state index contributed by atoms with van der Waals surface area (Å²) in [5, 5.41) is 0.0631. The van der Waals surface area contributed by atoms with Crippen molar-refractivity contribution in [3.63, 3.8) is 0 Å². The molecule has 1 aromatic heterocycles. The number of nitrogens with one attached hydrogen (secondary N) is 1. The smallest absolute Gasteiger partial charge is 0.299 e. The second-order valence-corrected chi connectivity index (χ2v) is 4.25. The van der Waals surface area contributed by atoms with Crippen molar-refractivity contribution >= 4 is 11.6 Å². The quantitative estimate of drug-likeness (QED) is 0.780. The molecule has 0 saturated carbocycles. The van der Waals surface area contributed by atoms with E-state index >= 15 is 0 Å². The Morgan fingerprint density at radius 2 is 1.94 bits per heavy atom. The van der Waals surface area contributed by atoms with Gasteiger partial charge in [-0.2, -0.15) is 0 Å². The molecule has 16 heavy (non-hydrogen) atoms. The summed E-state index contributed by atoms with van der Waals surface area (Å²) in [5.41, 5.74) is -0.904. The van der Waals surface area contributed by atoms with Crippen LogP contribution in [0.2, 0.25) is 5.02 Å². The molecule has 4 nitrogen and oxygen atoms in total. The average molecular weight is 245 g/mol. The van der Waals surface area contributed by atoms with E-state index in [0.717, 1.165) is 12.8 Å². The number of hydrogen-bond acceptors (Lipinski definition) is 2. The number of aromatic nitrogens is 2. The fourth-order valence-corrected chi connectivity index (χ4v) is 1.70. The van der Waals surface area contributed by atoms with Crippen molar-refractivity contribution in [2.24, 2.45) is 0 Å². The lowest BCUT2D eigenvalue weighted by molar-refractivity contribution is 0.550. The highest BCUT2D eigenvalue weighted by molar-refractivity contribution is 6.30. The fourth-order valence-electron chi connectivity index (χ4n) is 1.53. The first-order chi connectivity index (χ1) is 7.65. The number of aromatic amines is 1. The number of nitrogens with zero attached hydrogens (tertiary/aromatic N) is 1. The van der Waals surface area contributed by atoms with Gasteiger partial charge in [0.25, 0.3) is 5.56 Å².